The Morgan fingerprint density at radius 3 is 2.22 bits per heavy atom. The molecule has 1 fully saturated rings. The Kier molecular flexibility index (Phi) is 5.04. The molecular formula is C15H28O2Si. The topological polar surface area (TPSA) is 18.5 Å². The Bertz CT molecular complexity index is 273. The minimum Gasteiger partial charge on any atom is -0.394 e. The summed E-state index contributed by atoms with van der Waals surface area (Å²) in [6, 6.07) is 2.38. The molecule has 0 N–H and O–H groups in total. The molecule has 18 heavy (non-hydrogen) atoms. The van der Waals surface area contributed by atoms with Crippen LogP contribution >= 0.6 is 0 Å². The summed E-state index contributed by atoms with van der Waals surface area (Å²) in [5.41, 5.74) is 0. The van der Waals surface area contributed by atoms with Gasteiger partial charge in [-0.05, 0) is 56.5 Å². The number of hydrogen-bond donors (Lipinski definition) is 0. The van der Waals surface area contributed by atoms with E-state index in [1.54, 1.807) is 0 Å². The van der Waals surface area contributed by atoms with Gasteiger partial charge in [-0.1, -0.05) is 25.5 Å². The molecule has 2 bridgehead atoms. The van der Waals surface area contributed by atoms with E-state index in [1.165, 1.54) is 25.3 Å². The molecule has 0 aromatic rings. The Hall–Kier alpha value is -0.123. The van der Waals surface area contributed by atoms with Crippen molar-refractivity contribution in [3.05, 3.63) is 12.2 Å². The van der Waals surface area contributed by atoms with E-state index in [4.69, 9.17) is 8.85 Å². The van der Waals surface area contributed by atoms with Gasteiger partial charge in [-0.2, -0.15) is 0 Å². The quantitative estimate of drug-likeness (QED) is 0.487. The molecule has 0 spiro atoms. The SMILES string of the molecule is CCC[Si](CC1CC2C=CC1C2)(OCC)OCC. The number of hydrogen-bond acceptors (Lipinski definition) is 2. The van der Waals surface area contributed by atoms with Crippen LogP contribution in [0.25, 0.3) is 0 Å². The fraction of sp³-hybridized carbons (Fsp3) is 0.867. The van der Waals surface area contributed by atoms with Crippen LogP contribution in [0.15, 0.2) is 12.2 Å². The van der Waals surface area contributed by atoms with Crippen molar-refractivity contribution >= 4 is 8.56 Å². The summed E-state index contributed by atoms with van der Waals surface area (Å²) >= 11 is 0. The van der Waals surface area contributed by atoms with Crippen molar-refractivity contribution in [2.45, 2.75) is 52.1 Å². The molecule has 0 heterocycles. The van der Waals surface area contributed by atoms with E-state index in [9.17, 15) is 0 Å². The van der Waals surface area contributed by atoms with Gasteiger partial charge in [0.1, 0.15) is 0 Å². The summed E-state index contributed by atoms with van der Waals surface area (Å²) in [4.78, 5) is 0. The molecule has 2 aliphatic carbocycles. The zero-order valence-electron chi connectivity index (χ0n) is 12.2. The second-order valence-electron chi connectivity index (χ2n) is 5.77. The van der Waals surface area contributed by atoms with E-state index in [1.807, 2.05) is 0 Å². The van der Waals surface area contributed by atoms with E-state index in [2.05, 4.69) is 32.9 Å². The van der Waals surface area contributed by atoms with Crippen LogP contribution in [-0.2, 0) is 8.85 Å². The smallest absolute Gasteiger partial charge is 0.338 e. The fourth-order valence-corrected chi connectivity index (χ4v) is 7.74. The Labute approximate surface area is 113 Å². The van der Waals surface area contributed by atoms with Gasteiger partial charge in [0.15, 0.2) is 0 Å². The van der Waals surface area contributed by atoms with Gasteiger partial charge >= 0.3 is 8.56 Å². The maximum absolute atomic E-state index is 6.17. The van der Waals surface area contributed by atoms with Crippen molar-refractivity contribution in [2.75, 3.05) is 13.2 Å². The molecular weight excluding hydrogens is 240 g/mol. The maximum Gasteiger partial charge on any atom is 0.338 e. The molecule has 0 aromatic heterocycles. The molecule has 0 amide bonds. The van der Waals surface area contributed by atoms with Gasteiger partial charge in [0.25, 0.3) is 0 Å². The average Bonchev–Trinajstić information content (AvgIpc) is 2.92. The van der Waals surface area contributed by atoms with Crippen molar-refractivity contribution in [3.8, 4) is 0 Å². The van der Waals surface area contributed by atoms with Crippen molar-refractivity contribution < 1.29 is 8.85 Å². The van der Waals surface area contributed by atoms with Crippen molar-refractivity contribution in [2.24, 2.45) is 17.8 Å². The van der Waals surface area contributed by atoms with Gasteiger partial charge in [-0.25, -0.2) is 0 Å². The van der Waals surface area contributed by atoms with Crippen LogP contribution in [0.3, 0.4) is 0 Å². The normalized spacial score (nSPS) is 30.3. The van der Waals surface area contributed by atoms with E-state index < -0.39 is 8.56 Å². The predicted octanol–water partition coefficient (Wildman–Crippen LogP) is 4.12. The zero-order valence-corrected chi connectivity index (χ0v) is 13.2. The Morgan fingerprint density at radius 1 is 1.06 bits per heavy atom. The molecule has 3 atom stereocenters. The summed E-state index contributed by atoms with van der Waals surface area (Å²) in [6.45, 7) is 8.08. The maximum atomic E-state index is 6.17. The number of rotatable bonds is 8. The minimum absolute atomic E-state index is 0.808. The highest BCUT2D eigenvalue weighted by Gasteiger charge is 2.44. The Morgan fingerprint density at radius 2 is 1.78 bits per heavy atom. The van der Waals surface area contributed by atoms with Crippen LogP contribution in [0, 0.1) is 17.8 Å². The van der Waals surface area contributed by atoms with Gasteiger partial charge in [0.2, 0.25) is 0 Å². The van der Waals surface area contributed by atoms with Crippen molar-refractivity contribution in [1.82, 2.24) is 0 Å². The third-order valence-corrected chi connectivity index (χ3v) is 8.47. The molecule has 3 unspecified atom stereocenters. The highest BCUT2D eigenvalue weighted by Crippen LogP contribution is 2.47. The standard InChI is InChI=1S/C15H28O2Si/c1-4-9-18(16-5-2,17-6-3)12-15-11-13-7-8-14(15)10-13/h7-8,13-15H,4-6,9-12H2,1-3H3. The van der Waals surface area contributed by atoms with Crippen LogP contribution in [0.4, 0.5) is 0 Å². The highest BCUT2D eigenvalue weighted by atomic mass is 28.4. The molecule has 2 aliphatic rings. The first kappa shape index (κ1) is 14.3. The van der Waals surface area contributed by atoms with E-state index in [-0.39, 0.29) is 0 Å². The molecule has 0 saturated heterocycles. The lowest BCUT2D eigenvalue weighted by Crippen LogP contribution is -2.44. The first-order valence-corrected chi connectivity index (χ1v) is 9.92. The largest absolute Gasteiger partial charge is 0.394 e. The highest BCUT2D eigenvalue weighted by molar-refractivity contribution is 6.67. The lowest BCUT2D eigenvalue weighted by molar-refractivity contribution is 0.174. The van der Waals surface area contributed by atoms with Crippen LogP contribution < -0.4 is 0 Å². The minimum atomic E-state index is -1.93. The summed E-state index contributed by atoms with van der Waals surface area (Å²) in [7, 11) is -1.93. The van der Waals surface area contributed by atoms with Crippen LogP contribution in [0.2, 0.25) is 12.1 Å². The van der Waals surface area contributed by atoms with Gasteiger partial charge in [0.05, 0.1) is 0 Å². The third kappa shape index (κ3) is 3.06. The predicted molar refractivity (Wildman–Crippen MR) is 77.8 cm³/mol. The number of fused-ring (bicyclic) bond motifs is 2. The summed E-state index contributed by atoms with van der Waals surface area (Å²) in [5.74, 6) is 2.51. The summed E-state index contributed by atoms with van der Waals surface area (Å²) in [5, 5.41) is 0. The zero-order chi connectivity index (χ0) is 13.0. The van der Waals surface area contributed by atoms with E-state index in [0.29, 0.717) is 0 Å². The lowest BCUT2D eigenvalue weighted by Gasteiger charge is -2.33. The lowest BCUT2D eigenvalue weighted by atomic mass is 9.96. The third-order valence-electron chi connectivity index (χ3n) is 4.44. The molecule has 2 rings (SSSR count). The fourth-order valence-electron chi connectivity index (χ4n) is 3.84. The number of allylic oxidation sites excluding steroid dienone is 2. The molecule has 104 valence electrons. The van der Waals surface area contributed by atoms with Gasteiger partial charge in [-0.15, -0.1) is 0 Å². The van der Waals surface area contributed by atoms with E-state index >= 15 is 0 Å². The summed E-state index contributed by atoms with van der Waals surface area (Å²) in [6.07, 6.45) is 8.82. The first-order chi connectivity index (χ1) is 8.73. The van der Waals surface area contributed by atoms with Gasteiger partial charge in [0, 0.05) is 13.2 Å². The molecule has 2 nitrogen and oxygen atoms in total. The second kappa shape index (κ2) is 6.35. The molecule has 0 aliphatic heterocycles. The molecule has 1 saturated carbocycles. The second-order valence-corrected chi connectivity index (χ2v) is 9.08. The van der Waals surface area contributed by atoms with Crippen LogP contribution in [-0.4, -0.2) is 21.8 Å². The molecule has 0 radical (unpaired) electrons. The Balaban J connectivity index is 2.01. The molecule has 0 aromatic carbocycles. The van der Waals surface area contributed by atoms with Crippen LogP contribution in [0.5, 0.6) is 0 Å². The molecule has 3 heteroatoms. The summed E-state index contributed by atoms with van der Waals surface area (Å²) < 4.78 is 12.3. The average molecular weight is 268 g/mol. The van der Waals surface area contributed by atoms with Crippen LogP contribution in [0.1, 0.15) is 40.0 Å². The van der Waals surface area contributed by atoms with E-state index in [0.717, 1.165) is 37.0 Å². The van der Waals surface area contributed by atoms with Crippen molar-refractivity contribution in [1.29, 1.82) is 0 Å². The van der Waals surface area contributed by atoms with Gasteiger partial charge in [-0.3, -0.25) is 0 Å². The van der Waals surface area contributed by atoms with Crippen molar-refractivity contribution in [3.63, 3.8) is 0 Å². The first-order valence-electron chi connectivity index (χ1n) is 7.69. The monoisotopic (exact) mass is 268 g/mol. The van der Waals surface area contributed by atoms with Gasteiger partial charge < -0.3 is 8.85 Å².